The Balaban J connectivity index is 1.82. The fourth-order valence-electron chi connectivity index (χ4n) is 2.57. The normalized spacial score (nSPS) is 14.0. The second kappa shape index (κ2) is 8.03. The number of likely N-dealkylation sites (N-methyl/N-ethyl adjacent to an activating group) is 1. The first-order valence-electron chi connectivity index (χ1n) is 7.96. The van der Waals surface area contributed by atoms with Crippen LogP contribution in [0.2, 0.25) is 0 Å². The fraction of sp³-hybridized carbons (Fsp3) is 0.588. The van der Waals surface area contributed by atoms with Crippen molar-refractivity contribution in [1.29, 1.82) is 0 Å². The van der Waals surface area contributed by atoms with Crippen LogP contribution >= 0.6 is 0 Å². The average molecular weight is 306 g/mol. The maximum atomic E-state index is 12.2. The number of nitrogens with zero attached hydrogens (tertiary/aromatic N) is 1. The molecule has 0 saturated carbocycles. The van der Waals surface area contributed by atoms with Crippen LogP contribution in [0, 0.1) is 0 Å². The summed E-state index contributed by atoms with van der Waals surface area (Å²) in [5.41, 5.74) is 6.62. The standard InChI is InChI=1S/C17H26N2O3/c1-13(19(2)17(20)6-4-3-5-9-18)10-14-7-8-15-16(11-14)22-12-21-15/h7-8,11,13H,3-6,9-10,12,18H2,1-2H3. The summed E-state index contributed by atoms with van der Waals surface area (Å²) in [5, 5.41) is 0. The van der Waals surface area contributed by atoms with Crippen molar-refractivity contribution in [2.24, 2.45) is 5.73 Å². The highest BCUT2D eigenvalue weighted by molar-refractivity contribution is 5.76. The molecule has 0 spiro atoms. The first-order chi connectivity index (χ1) is 10.6. The Labute approximate surface area is 132 Å². The molecule has 2 rings (SSSR count). The number of ether oxygens (including phenoxy) is 2. The molecule has 122 valence electrons. The Morgan fingerprint density at radius 3 is 2.82 bits per heavy atom. The lowest BCUT2D eigenvalue weighted by atomic mass is 10.0. The van der Waals surface area contributed by atoms with Gasteiger partial charge in [-0.2, -0.15) is 0 Å². The third-order valence-electron chi connectivity index (χ3n) is 4.12. The van der Waals surface area contributed by atoms with Crippen LogP contribution in [0.1, 0.15) is 38.2 Å². The Bertz CT molecular complexity index is 505. The Morgan fingerprint density at radius 1 is 1.27 bits per heavy atom. The Kier molecular flexibility index (Phi) is 6.07. The number of rotatable bonds is 8. The van der Waals surface area contributed by atoms with Crippen LogP contribution < -0.4 is 15.2 Å². The molecule has 1 unspecified atom stereocenters. The number of benzene rings is 1. The van der Waals surface area contributed by atoms with E-state index in [9.17, 15) is 4.79 Å². The van der Waals surface area contributed by atoms with E-state index in [4.69, 9.17) is 15.2 Å². The van der Waals surface area contributed by atoms with Crippen LogP contribution in [0.5, 0.6) is 11.5 Å². The van der Waals surface area contributed by atoms with E-state index in [2.05, 4.69) is 6.92 Å². The predicted molar refractivity (Wildman–Crippen MR) is 86.0 cm³/mol. The number of carbonyl (C=O) groups is 1. The van der Waals surface area contributed by atoms with Crippen LogP contribution in [-0.2, 0) is 11.2 Å². The van der Waals surface area contributed by atoms with E-state index in [-0.39, 0.29) is 18.7 Å². The highest BCUT2D eigenvalue weighted by Crippen LogP contribution is 2.32. The molecule has 1 aromatic carbocycles. The van der Waals surface area contributed by atoms with E-state index in [1.807, 2.05) is 30.1 Å². The third kappa shape index (κ3) is 4.37. The van der Waals surface area contributed by atoms with Crippen molar-refractivity contribution in [2.75, 3.05) is 20.4 Å². The van der Waals surface area contributed by atoms with Crippen molar-refractivity contribution in [3.63, 3.8) is 0 Å². The van der Waals surface area contributed by atoms with Gasteiger partial charge in [0.1, 0.15) is 0 Å². The number of amides is 1. The molecular weight excluding hydrogens is 280 g/mol. The van der Waals surface area contributed by atoms with Gasteiger partial charge >= 0.3 is 0 Å². The molecule has 1 heterocycles. The highest BCUT2D eigenvalue weighted by atomic mass is 16.7. The molecule has 22 heavy (non-hydrogen) atoms. The molecule has 2 N–H and O–H groups in total. The number of carbonyl (C=O) groups excluding carboxylic acids is 1. The van der Waals surface area contributed by atoms with Crippen LogP contribution in [-0.4, -0.2) is 37.2 Å². The average Bonchev–Trinajstić information content (AvgIpc) is 2.98. The maximum absolute atomic E-state index is 12.2. The van der Waals surface area contributed by atoms with Crippen molar-refractivity contribution in [3.8, 4) is 11.5 Å². The van der Waals surface area contributed by atoms with E-state index in [1.165, 1.54) is 0 Å². The molecule has 5 heteroatoms. The minimum absolute atomic E-state index is 0.155. The molecule has 1 atom stereocenters. The van der Waals surface area contributed by atoms with Gasteiger partial charge in [0.15, 0.2) is 11.5 Å². The largest absolute Gasteiger partial charge is 0.454 e. The van der Waals surface area contributed by atoms with Crippen LogP contribution in [0.3, 0.4) is 0 Å². The second-order valence-corrected chi connectivity index (χ2v) is 5.84. The number of nitrogens with two attached hydrogens (primary N) is 1. The molecule has 1 amide bonds. The van der Waals surface area contributed by atoms with Gasteiger partial charge in [-0.15, -0.1) is 0 Å². The van der Waals surface area contributed by atoms with Gasteiger partial charge in [0.05, 0.1) is 0 Å². The molecule has 0 saturated heterocycles. The van der Waals surface area contributed by atoms with E-state index >= 15 is 0 Å². The molecule has 0 radical (unpaired) electrons. The number of fused-ring (bicyclic) bond motifs is 1. The van der Waals surface area contributed by atoms with Crippen molar-refractivity contribution < 1.29 is 14.3 Å². The maximum Gasteiger partial charge on any atom is 0.231 e. The lowest BCUT2D eigenvalue weighted by molar-refractivity contribution is -0.131. The summed E-state index contributed by atoms with van der Waals surface area (Å²) < 4.78 is 10.7. The van der Waals surface area contributed by atoms with Gasteiger partial charge in [0, 0.05) is 19.5 Å². The molecule has 0 bridgehead atoms. The van der Waals surface area contributed by atoms with Gasteiger partial charge in [-0.25, -0.2) is 0 Å². The van der Waals surface area contributed by atoms with Gasteiger partial charge in [0.2, 0.25) is 12.7 Å². The second-order valence-electron chi connectivity index (χ2n) is 5.84. The van der Waals surface area contributed by atoms with Crippen LogP contribution in [0.4, 0.5) is 0 Å². The Morgan fingerprint density at radius 2 is 2.05 bits per heavy atom. The summed E-state index contributed by atoms with van der Waals surface area (Å²) in [6, 6.07) is 6.11. The highest BCUT2D eigenvalue weighted by Gasteiger charge is 2.18. The van der Waals surface area contributed by atoms with Gasteiger partial charge in [-0.3, -0.25) is 4.79 Å². The fourth-order valence-corrected chi connectivity index (χ4v) is 2.57. The molecule has 1 aliphatic heterocycles. The zero-order chi connectivity index (χ0) is 15.9. The number of hydrogen-bond acceptors (Lipinski definition) is 4. The van der Waals surface area contributed by atoms with Gasteiger partial charge in [-0.1, -0.05) is 12.5 Å². The van der Waals surface area contributed by atoms with Crippen molar-refractivity contribution in [1.82, 2.24) is 4.90 Å². The summed E-state index contributed by atoms with van der Waals surface area (Å²) in [4.78, 5) is 14.0. The molecule has 0 fully saturated rings. The summed E-state index contributed by atoms with van der Waals surface area (Å²) in [5.74, 6) is 1.78. The molecule has 1 aromatic rings. The molecule has 1 aliphatic rings. The first kappa shape index (κ1) is 16.6. The smallest absolute Gasteiger partial charge is 0.231 e. The summed E-state index contributed by atoms with van der Waals surface area (Å²) >= 11 is 0. The molecule has 5 nitrogen and oxygen atoms in total. The van der Waals surface area contributed by atoms with Gasteiger partial charge in [0.25, 0.3) is 0 Å². The van der Waals surface area contributed by atoms with Crippen molar-refractivity contribution in [3.05, 3.63) is 23.8 Å². The minimum atomic E-state index is 0.155. The van der Waals surface area contributed by atoms with Crippen LogP contribution in [0.25, 0.3) is 0 Å². The minimum Gasteiger partial charge on any atom is -0.454 e. The van der Waals surface area contributed by atoms with E-state index in [1.54, 1.807) is 0 Å². The zero-order valence-electron chi connectivity index (χ0n) is 13.5. The Hall–Kier alpha value is -1.75. The van der Waals surface area contributed by atoms with E-state index < -0.39 is 0 Å². The van der Waals surface area contributed by atoms with E-state index in [0.717, 1.165) is 42.7 Å². The first-order valence-corrected chi connectivity index (χ1v) is 7.96. The topological polar surface area (TPSA) is 64.8 Å². The van der Waals surface area contributed by atoms with E-state index in [0.29, 0.717) is 13.0 Å². The van der Waals surface area contributed by atoms with Gasteiger partial charge in [-0.05, 0) is 50.4 Å². The van der Waals surface area contributed by atoms with Crippen molar-refractivity contribution >= 4 is 5.91 Å². The number of hydrogen-bond donors (Lipinski definition) is 1. The van der Waals surface area contributed by atoms with Crippen molar-refractivity contribution in [2.45, 2.75) is 45.1 Å². The third-order valence-corrected chi connectivity index (χ3v) is 4.12. The molecular formula is C17H26N2O3. The lowest BCUT2D eigenvalue weighted by Gasteiger charge is -2.25. The summed E-state index contributed by atoms with van der Waals surface area (Å²) in [7, 11) is 1.88. The SMILES string of the molecule is CC(Cc1ccc2c(c1)OCO2)N(C)C(=O)CCCCCN. The summed E-state index contributed by atoms with van der Waals surface area (Å²) in [6.45, 7) is 3.06. The lowest BCUT2D eigenvalue weighted by Crippen LogP contribution is -2.36. The predicted octanol–water partition coefficient (Wildman–Crippen LogP) is 2.32. The quantitative estimate of drug-likeness (QED) is 0.749. The zero-order valence-corrected chi connectivity index (χ0v) is 13.5. The monoisotopic (exact) mass is 306 g/mol. The number of unbranched alkanes of at least 4 members (excludes halogenated alkanes) is 2. The van der Waals surface area contributed by atoms with Crippen LogP contribution in [0.15, 0.2) is 18.2 Å². The van der Waals surface area contributed by atoms with Gasteiger partial charge < -0.3 is 20.1 Å². The summed E-state index contributed by atoms with van der Waals surface area (Å²) in [6.07, 6.45) is 4.33. The molecule has 0 aliphatic carbocycles. The molecule has 0 aromatic heterocycles.